The van der Waals surface area contributed by atoms with Gasteiger partial charge in [0.05, 0.1) is 17.9 Å². The maximum absolute atomic E-state index is 12.5. The second-order valence-electron chi connectivity index (χ2n) is 5.45. The Labute approximate surface area is 148 Å². The summed E-state index contributed by atoms with van der Waals surface area (Å²) in [5.41, 5.74) is 1.04. The fourth-order valence-corrected chi connectivity index (χ4v) is 3.84. The number of amides is 1. The van der Waals surface area contributed by atoms with Crippen LogP contribution in [0, 0.1) is 0 Å². The van der Waals surface area contributed by atoms with Crippen LogP contribution >= 0.6 is 27.7 Å². The smallest absolute Gasteiger partial charge is 0.233 e. The van der Waals surface area contributed by atoms with Crippen molar-refractivity contribution in [3.63, 3.8) is 0 Å². The Morgan fingerprint density at radius 2 is 2.09 bits per heavy atom. The van der Waals surface area contributed by atoms with Gasteiger partial charge in [-0.15, -0.1) is 11.8 Å². The van der Waals surface area contributed by atoms with Crippen molar-refractivity contribution in [2.75, 3.05) is 6.61 Å². The lowest BCUT2D eigenvalue weighted by atomic mass is 10.0. The maximum atomic E-state index is 12.5. The third-order valence-electron chi connectivity index (χ3n) is 3.75. The molecule has 1 aliphatic heterocycles. The lowest BCUT2D eigenvalue weighted by molar-refractivity contribution is -0.121. The molecular formula is C18H18BrNO2S. The topological polar surface area (TPSA) is 38.3 Å². The van der Waals surface area contributed by atoms with E-state index in [1.165, 1.54) is 0 Å². The molecule has 0 fully saturated rings. The minimum atomic E-state index is -0.143. The second-order valence-corrected chi connectivity index (χ2v) is 7.78. The summed E-state index contributed by atoms with van der Waals surface area (Å²) < 4.78 is 6.66. The van der Waals surface area contributed by atoms with Crippen LogP contribution < -0.4 is 10.1 Å². The number of nitrogens with one attached hydrogen (secondary N) is 1. The first-order valence-electron chi connectivity index (χ1n) is 7.58. The van der Waals surface area contributed by atoms with Crippen molar-refractivity contribution in [1.29, 1.82) is 0 Å². The highest BCUT2D eigenvalue weighted by atomic mass is 79.9. The monoisotopic (exact) mass is 391 g/mol. The molecule has 0 spiro atoms. The lowest BCUT2D eigenvalue weighted by Gasteiger charge is -2.28. The van der Waals surface area contributed by atoms with E-state index in [0.29, 0.717) is 6.61 Å². The Kier molecular flexibility index (Phi) is 5.28. The summed E-state index contributed by atoms with van der Waals surface area (Å²) in [6.45, 7) is 2.56. The number of rotatable bonds is 4. The number of thioether (sulfide) groups is 1. The van der Waals surface area contributed by atoms with Crippen LogP contribution in [0.15, 0.2) is 57.9 Å². The van der Waals surface area contributed by atoms with Gasteiger partial charge in [-0.05, 0) is 37.3 Å². The molecule has 0 bridgehead atoms. The van der Waals surface area contributed by atoms with Gasteiger partial charge in [0.25, 0.3) is 0 Å². The highest BCUT2D eigenvalue weighted by Gasteiger charge is 2.25. The van der Waals surface area contributed by atoms with Gasteiger partial charge in [-0.25, -0.2) is 0 Å². The van der Waals surface area contributed by atoms with Gasteiger partial charge in [0.1, 0.15) is 5.75 Å². The number of hydrogen-bond acceptors (Lipinski definition) is 3. The first-order valence-corrected chi connectivity index (χ1v) is 9.25. The highest BCUT2D eigenvalue weighted by Crippen LogP contribution is 2.34. The van der Waals surface area contributed by atoms with Crippen LogP contribution in [-0.2, 0) is 4.79 Å². The number of ether oxygens (including phenoxy) is 1. The Morgan fingerprint density at radius 1 is 1.30 bits per heavy atom. The zero-order valence-corrected chi connectivity index (χ0v) is 15.2. The third-order valence-corrected chi connectivity index (χ3v) is 5.36. The van der Waals surface area contributed by atoms with Gasteiger partial charge in [-0.3, -0.25) is 4.79 Å². The van der Waals surface area contributed by atoms with E-state index in [-0.39, 0.29) is 17.2 Å². The van der Waals surface area contributed by atoms with Crippen LogP contribution in [0.4, 0.5) is 0 Å². The molecule has 1 aliphatic rings. The van der Waals surface area contributed by atoms with Crippen LogP contribution in [0.3, 0.4) is 0 Å². The fraction of sp³-hybridized carbons (Fsp3) is 0.278. The number of halogens is 1. The number of fused-ring (bicyclic) bond motifs is 1. The van der Waals surface area contributed by atoms with Gasteiger partial charge in [-0.2, -0.15) is 0 Å². The van der Waals surface area contributed by atoms with Gasteiger partial charge >= 0.3 is 0 Å². The first kappa shape index (κ1) is 16.4. The maximum Gasteiger partial charge on any atom is 0.233 e. The average molecular weight is 392 g/mol. The van der Waals surface area contributed by atoms with E-state index in [9.17, 15) is 4.79 Å². The Hall–Kier alpha value is -1.46. The van der Waals surface area contributed by atoms with Gasteiger partial charge in [0.15, 0.2) is 0 Å². The SMILES string of the molecule is CC(Sc1ccccc1)C(=O)NC1CCOc2ccc(Br)cc21. The van der Waals surface area contributed by atoms with E-state index >= 15 is 0 Å². The molecule has 2 unspecified atom stereocenters. The largest absolute Gasteiger partial charge is 0.493 e. The quantitative estimate of drug-likeness (QED) is 0.775. The molecule has 5 heteroatoms. The summed E-state index contributed by atoms with van der Waals surface area (Å²) in [7, 11) is 0. The minimum Gasteiger partial charge on any atom is -0.493 e. The zero-order valence-electron chi connectivity index (χ0n) is 12.8. The first-order chi connectivity index (χ1) is 11.1. The van der Waals surface area contributed by atoms with Crippen LogP contribution in [0.1, 0.15) is 24.9 Å². The van der Waals surface area contributed by atoms with Crippen molar-refractivity contribution in [3.05, 3.63) is 58.6 Å². The Morgan fingerprint density at radius 3 is 2.87 bits per heavy atom. The van der Waals surface area contributed by atoms with Crippen molar-refractivity contribution in [3.8, 4) is 5.75 Å². The van der Waals surface area contributed by atoms with Crippen LogP contribution in [0.5, 0.6) is 5.75 Å². The lowest BCUT2D eigenvalue weighted by Crippen LogP contribution is -2.36. The summed E-state index contributed by atoms with van der Waals surface area (Å²) in [5, 5.41) is 3.02. The predicted octanol–water partition coefficient (Wildman–Crippen LogP) is 4.57. The van der Waals surface area contributed by atoms with E-state index in [4.69, 9.17) is 4.74 Å². The van der Waals surface area contributed by atoms with E-state index in [0.717, 1.165) is 27.1 Å². The van der Waals surface area contributed by atoms with Crippen molar-refractivity contribution >= 4 is 33.6 Å². The van der Waals surface area contributed by atoms with E-state index in [2.05, 4.69) is 21.2 Å². The average Bonchev–Trinajstić information content (AvgIpc) is 2.56. The van der Waals surface area contributed by atoms with E-state index in [1.54, 1.807) is 11.8 Å². The molecule has 1 N–H and O–H groups in total. The van der Waals surface area contributed by atoms with E-state index < -0.39 is 0 Å². The highest BCUT2D eigenvalue weighted by molar-refractivity contribution is 9.10. The zero-order chi connectivity index (χ0) is 16.2. The molecule has 3 nitrogen and oxygen atoms in total. The van der Waals surface area contributed by atoms with Crippen LogP contribution in [-0.4, -0.2) is 17.8 Å². The van der Waals surface area contributed by atoms with Crippen molar-refractivity contribution in [2.24, 2.45) is 0 Å². The molecule has 3 rings (SSSR count). The van der Waals surface area contributed by atoms with E-state index in [1.807, 2.05) is 55.5 Å². The summed E-state index contributed by atoms with van der Waals surface area (Å²) in [6, 6.07) is 15.9. The summed E-state index contributed by atoms with van der Waals surface area (Å²) in [6.07, 6.45) is 0.790. The molecular weight excluding hydrogens is 374 g/mol. The molecule has 2 aromatic rings. The molecule has 0 radical (unpaired) electrons. The van der Waals surface area contributed by atoms with Gasteiger partial charge in [0, 0.05) is 21.4 Å². The van der Waals surface area contributed by atoms with Crippen molar-refractivity contribution in [2.45, 2.75) is 29.5 Å². The number of carbonyl (C=O) groups excluding carboxylic acids is 1. The second kappa shape index (κ2) is 7.41. The summed E-state index contributed by atoms with van der Waals surface area (Å²) in [5.74, 6) is 0.907. The summed E-state index contributed by atoms with van der Waals surface area (Å²) in [4.78, 5) is 13.6. The molecule has 1 amide bonds. The van der Waals surface area contributed by atoms with Crippen molar-refractivity contribution in [1.82, 2.24) is 5.32 Å². The summed E-state index contributed by atoms with van der Waals surface area (Å²) >= 11 is 5.06. The molecule has 0 saturated heterocycles. The molecule has 23 heavy (non-hydrogen) atoms. The Balaban J connectivity index is 1.68. The van der Waals surface area contributed by atoms with Gasteiger partial charge in [0.2, 0.25) is 5.91 Å². The van der Waals surface area contributed by atoms with Gasteiger partial charge < -0.3 is 10.1 Å². The molecule has 1 heterocycles. The molecule has 0 aromatic heterocycles. The molecule has 0 aliphatic carbocycles. The standard InChI is InChI=1S/C18H18BrNO2S/c1-12(23-14-5-3-2-4-6-14)18(21)20-16-9-10-22-17-8-7-13(19)11-15(16)17/h2-8,11-12,16H,9-10H2,1H3,(H,20,21). The molecule has 0 saturated carbocycles. The molecule has 2 atom stereocenters. The van der Waals surface area contributed by atoms with Crippen LogP contribution in [0.25, 0.3) is 0 Å². The number of benzene rings is 2. The number of hydrogen-bond donors (Lipinski definition) is 1. The fourth-order valence-electron chi connectivity index (χ4n) is 2.56. The molecule has 2 aromatic carbocycles. The van der Waals surface area contributed by atoms with Gasteiger partial charge in [-0.1, -0.05) is 34.1 Å². The molecule has 120 valence electrons. The van der Waals surface area contributed by atoms with Crippen molar-refractivity contribution < 1.29 is 9.53 Å². The van der Waals surface area contributed by atoms with Crippen LogP contribution in [0.2, 0.25) is 0 Å². The normalized spacial score (nSPS) is 17.7. The Bertz CT molecular complexity index is 693. The number of carbonyl (C=O) groups is 1. The minimum absolute atomic E-state index is 0.00238. The predicted molar refractivity (Wildman–Crippen MR) is 96.9 cm³/mol. The third kappa shape index (κ3) is 4.09.